The van der Waals surface area contributed by atoms with Crippen molar-refractivity contribution in [2.45, 2.75) is 20.3 Å². The minimum Gasteiger partial charge on any atom is -0.461 e. The van der Waals surface area contributed by atoms with Crippen molar-refractivity contribution in [1.82, 2.24) is 9.88 Å². The molecular formula is C13H21N3O3. The molecule has 0 amide bonds. The molecular weight excluding hydrogens is 246 g/mol. The minimum atomic E-state index is -0.447. The molecule has 1 unspecified atom stereocenters. The van der Waals surface area contributed by atoms with Crippen LogP contribution in [0, 0.1) is 5.92 Å². The van der Waals surface area contributed by atoms with Gasteiger partial charge in [-0.15, -0.1) is 0 Å². The number of oxazole rings is 1. The van der Waals surface area contributed by atoms with Gasteiger partial charge in [0.25, 0.3) is 6.01 Å². The van der Waals surface area contributed by atoms with E-state index in [0.29, 0.717) is 18.5 Å². The number of rotatable bonds is 6. The summed E-state index contributed by atoms with van der Waals surface area (Å²) in [4.78, 5) is 17.9. The summed E-state index contributed by atoms with van der Waals surface area (Å²) >= 11 is 0. The Morgan fingerprint density at radius 3 is 3.16 bits per heavy atom. The van der Waals surface area contributed by atoms with E-state index in [-0.39, 0.29) is 5.69 Å². The predicted molar refractivity (Wildman–Crippen MR) is 71.2 cm³/mol. The first-order valence-corrected chi connectivity index (χ1v) is 6.81. The number of likely N-dealkylation sites (tertiary alicyclic amines) is 1. The molecule has 6 heteroatoms. The average Bonchev–Trinajstić information content (AvgIpc) is 3.06. The van der Waals surface area contributed by atoms with Crippen LogP contribution in [0.2, 0.25) is 0 Å². The Hall–Kier alpha value is -1.56. The van der Waals surface area contributed by atoms with Crippen LogP contribution in [0.3, 0.4) is 0 Å². The second-order valence-corrected chi connectivity index (χ2v) is 4.69. The molecule has 1 aromatic heterocycles. The third-order valence-electron chi connectivity index (χ3n) is 3.35. The highest BCUT2D eigenvalue weighted by Crippen LogP contribution is 2.17. The largest absolute Gasteiger partial charge is 0.461 e. The maximum atomic E-state index is 11.4. The number of hydrogen-bond acceptors (Lipinski definition) is 6. The van der Waals surface area contributed by atoms with Gasteiger partial charge in [-0.1, -0.05) is 6.92 Å². The zero-order chi connectivity index (χ0) is 13.7. The molecule has 0 bridgehead atoms. The average molecular weight is 267 g/mol. The van der Waals surface area contributed by atoms with E-state index in [1.54, 1.807) is 6.92 Å². The van der Waals surface area contributed by atoms with Crippen LogP contribution in [0.25, 0.3) is 0 Å². The summed E-state index contributed by atoms with van der Waals surface area (Å²) in [5.41, 5.74) is 0.214. The molecule has 1 atom stereocenters. The van der Waals surface area contributed by atoms with Crippen molar-refractivity contribution < 1.29 is 13.9 Å². The molecule has 1 fully saturated rings. The first-order valence-electron chi connectivity index (χ1n) is 6.81. The molecule has 1 N–H and O–H groups in total. The number of hydrogen-bond donors (Lipinski definition) is 1. The van der Waals surface area contributed by atoms with Gasteiger partial charge in [0.2, 0.25) is 0 Å². The van der Waals surface area contributed by atoms with Crippen LogP contribution in [0.4, 0.5) is 6.01 Å². The summed E-state index contributed by atoms with van der Waals surface area (Å²) in [5.74, 6) is 0.162. The highest BCUT2D eigenvalue weighted by atomic mass is 16.5. The molecule has 2 rings (SSSR count). The van der Waals surface area contributed by atoms with Crippen molar-refractivity contribution in [3.8, 4) is 0 Å². The second-order valence-electron chi connectivity index (χ2n) is 4.69. The van der Waals surface area contributed by atoms with Crippen LogP contribution in [-0.2, 0) is 4.74 Å². The Morgan fingerprint density at radius 2 is 2.47 bits per heavy atom. The van der Waals surface area contributed by atoms with Gasteiger partial charge in [0, 0.05) is 13.1 Å². The molecule has 0 aliphatic carbocycles. The Bertz CT molecular complexity index is 419. The van der Waals surface area contributed by atoms with Gasteiger partial charge in [-0.2, -0.15) is 4.98 Å². The Morgan fingerprint density at radius 1 is 1.63 bits per heavy atom. The summed E-state index contributed by atoms with van der Waals surface area (Å²) in [6, 6.07) is 0.387. The third kappa shape index (κ3) is 3.70. The maximum Gasteiger partial charge on any atom is 0.360 e. The first-order chi connectivity index (χ1) is 9.22. The van der Waals surface area contributed by atoms with Crippen LogP contribution >= 0.6 is 0 Å². The van der Waals surface area contributed by atoms with Crippen LogP contribution < -0.4 is 5.32 Å². The quantitative estimate of drug-likeness (QED) is 0.790. The van der Waals surface area contributed by atoms with Gasteiger partial charge in [-0.05, 0) is 32.4 Å². The van der Waals surface area contributed by atoms with Crippen LogP contribution in [0.5, 0.6) is 0 Å². The molecule has 0 aromatic carbocycles. The van der Waals surface area contributed by atoms with Gasteiger partial charge in [0.15, 0.2) is 5.69 Å². The molecule has 1 saturated heterocycles. The van der Waals surface area contributed by atoms with E-state index >= 15 is 0 Å². The highest BCUT2D eigenvalue weighted by Gasteiger charge is 2.21. The number of esters is 1. The number of carbonyl (C=O) groups excluding carboxylic acids is 1. The van der Waals surface area contributed by atoms with Crippen molar-refractivity contribution in [3.63, 3.8) is 0 Å². The van der Waals surface area contributed by atoms with Gasteiger partial charge >= 0.3 is 5.97 Å². The van der Waals surface area contributed by atoms with E-state index in [2.05, 4.69) is 22.1 Å². The van der Waals surface area contributed by atoms with Crippen molar-refractivity contribution in [2.75, 3.05) is 38.1 Å². The Balaban J connectivity index is 1.79. The number of nitrogens with one attached hydrogen (secondary N) is 1. The van der Waals surface area contributed by atoms with E-state index < -0.39 is 5.97 Å². The monoisotopic (exact) mass is 267 g/mol. The fourth-order valence-electron chi connectivity index (χ4n) is 2.25. The van der Waals surface area contributed by atoms with Gasteiger partial charge in [-0.3, -0.25) is 0 Å². The van der Waals surface area contributed by atoms with Crippen molar-refractivity contribution >= 4 is 12.0 Å². The molecule has 2 heterocycles. The Kier molecular flexibility index (Phi) is 4.79. The van der Waals surface area contributed by atoms with E-state index in [4.69, 9.17) is 9.15 Å². The SMILES string of the molecule is CCOC(=O)c1coc(NCC2CCN(CC)C2)n1. The van der Waals surface area contributed by atoms with E-state index in [9.17, 15) is 4.79 Å². The molecule has 0 spiro atoms. The van der Waals surface area contributed by atoms with Crippen molar-refractivity contribution in [1.29, 1.82) is 0 Å². The molecule has 19 heavy (non-hydrogen) atoms. The second kappa shape index (κ2) is 6.56. The topological polar surface area (TPSA) is 67.6 Å². The predicted octanol–water partition coefficient (Wildman–Crippen LogP) is 1.60. The molecule has 1 aromatic rings. The van der Waals surface area contributed by atoms with Gasteiger partial charge < -0.3 is 19.4 Å². The summed E-state index contributed by atoms with van der Waals surface area (Å²) in [6.07, 6.45) is 2.51. The fraction of sp³-hybridized carbons (Fsp3) is 0.692. The van der Waals surface area contributed by atoms with Crippen LogP contribution in [0.15, 0.2) is 10.7 Å². The lowest BCUT2D eigenvalue weighted by molar-refractivity contribution is 0.0519. The fourth-order valence-corrected chi connectivity index (χ4v) is 2.25. The van der Waals surface area contributed by atoms with Crippen molar-refractivity contribution in [3.05, 3.63) is 12.0 Å². The number of anilines is 1. The zero-order valence-corrected chi connectivity index (χ0v) is 11.5. The van der Waals surface area contributed by atoms with Gasteiger partial charge in [0.1, 0.15) is 6.26 Å². The lowest BCUT2D eigenvalue weighted by Gasteiger charge is -2.12. The highest BCUT2D eigenvalue weighted by molar-refractivity contribution is 5.87. The van der Waals surface area contributed by atoms with Gasteiger partial charge in [0.05, 0.1) is 6.61 Å². The summed E-state index contributed by atoms with van der Waals surface area (Å²) in [6.45, 7) is 8.45. The summed E-state index contributed by atoms with van der Waals surface area (Å²) < 4.78 is 10.1. The van der Waals surface area contributed by atoms with Gasteiger partial charge in [-0.25, -0.2) is 4.79 Å². The number of aromatic nitrogens is 1. The first kappa shape index (κ1) is 13.9. The van der Waals surface area contributed by atoms with Crippen molar-refractivity contribution in [2.24, 2.45) is 5.92 Å². The standard InChI is InChI=1S/C13H21N3O3/c1-3-16-6-5-10(8-16)7-14-13-15-11(9-19-13)12(17)18-4-2/h9-10H,3-8H2,1-2H3,(H,14,15). The normalized spacial score (nSPS) is 19.6. The Labute approximate surface area is 113 Å². The smallest absolute Gasteiger partial charge is 0.360 e. The number of nitrogens with zero attached hydrogens (tertiary/aromatic N) is 2. The lowest BCUT2D eigenvalue weighted by atomic mass is 10.1. The zero-order valence-electron chi connectivity index (χ0n) is 11.5. The maximum absolute atomic E-state index is 11.4. The third-order valence-corrected chi connectivity index (χ3v) is 3.35. The molecule has 1 aliphatic rings. The number of ether oxygens (including phenoxy) is 1. The minimum absolute atomic E-state index is 0.214. The molecule has 106 valence electrons. The van der Waals surface area contributed by atoms with E-state index in [0.717, 1.165) is 26.2 Å². The molecule has 0 radical (unpaired) electrons. The number of carbonyl (C=O) groups is 1. The van der Waals surface area contributed by atoms with Crippen LogP contribution in [-0.4, -0.2) is 48.6 Å². The molecule has 6 nitrogen and oxygen atoms in total. The molecule has 0 saturated carbocycles. The lowest BCUT2D eigenvalue weighted by Crippen LogP contribution is -2.22. The molecule has 1 aliphatic heterocycles. The summed E-state index contributed by atoms with van der Waals surface area (Å²) in [5, 5.41) is 3.14. The summed E-state index contributed by atoms with van der Waals surface area (Å²) in [7, 11) is 0. The van der Waals surface area contributed by atoms with E-state index in [1.807, 2.05) is 0 Å². The van der Waals surface area contributed by atoms with Crippen LogP contribution in [0.1, 0.15) is 30.8 Å². The van der Waals surface area contributed by atoms with E-state index in [1.165, 1.54) is 12.7 Å².